The SMILES string of the molecule is CCC(c1ccccc1)n1cncc1C(C)(C)NC. The van der Waals surface area contributed by atoms with Gasteiger partial charge in [-0.2, -0.15) is 0 Å². The molecule has 1 heterocycles. The molecule has 1 aromatic carbocycles. The highest BCUT2D eigenvalue weighted by Crippen LogP contribution is 2.28. The van der Waals surface area contributed by atoms with Crippen molar-refractivity contribution < 1.29 is 0 Å². The lowest BCUT2D eigenvalue weighted by atomic mass is 9.98. The van der Waals surface area contributed by atoms with Gasteiger partial charge in [0, 0.05) is 0 Å². The predicted molar refractivity (Wildman–Crippen MR) is 79.2 cm³/mol. The van der Waals surface area contributed by atoms with Crippen molar-refractivity contribution in [2.24, 2.45) is 0 Å². The minimum atomic E-state index is -0.0846. The minimum Gasteiger partial charge on any atom is -0.325 e. The molecule has 3 heteroatoms. The molecule has 0 amide bonds. The summed E-state index contributed by atoms with van der Waals surface area (Å²) in [5.74, 6) is 0. The van der Waals surface area contributed by atoms with Gasteiger partial charge >= 0.3 is 0 Å². The normalized spacial score (nSPS) is 13.5. The van der Waals surface area contributed by atoms with Crippen LogP contribution >= 0.6 is 0 Å². The summed E-state index contributed by atoms with van der Waals surface area (Å²) < 4.78 is 2.28. The van der Waals surface area contributed by atoms with Crippen LogP contribution in [0.15, 0.2) is 42.9 Å². The van der Waals surface area contributed by atoms with Gasteiger partial charge in [-0.3, -0.25) is 0 Å². The third kappa shape index (κ3) is 2.71. The smallest absolute Gasteiger partial charge is 0.0954 e. The molecule has 0 radical (unpaired) electrons. The second kappa shape index (κ2) is 5.57. The van der Waals surface area contributed by atoms with E-state index in [1.807, 2.05) is 19.6 Å². The molecule has 0 aliphatic carbocycles. The van der Waals surface area contributed by atoms with Crippen molar-refractivity contribution in [1.29, 1.82) is 0 Å². The molecule has 102 valence electrons. The first-order valence-corrected chi connectivity index (χ1v) is 6.86. The first-order chi connectivity index (χ1) is 9.10. The van der Waals surface area contributed by atoms with E-state index in [0.717, 1.165) is 6.42 Å². The maximum atomic E-state index is 4.35. The quantitative estimate of drug-likeness (QED) is 0.890. The number of aromatic nitrogens is 2. The van der Waals surface area contributed by atoms with Crippen LogP contribution in [-0.2, 0) is 5.54 Å². The summed E-state index contributed by atoms with van der Waals surface area (Å²) in [6, 6.07) is 11.0. The summed E-state index contributed by atoms with van der Waals surface area (Å²) in [6.07, 6.45) is 4.95. The average Bonchev–Trinajstić information content (AvgIpc) is 2.91. The van der Waals surface area contributed by atoms with Gasteiger partial charge in [0.15, 0.2) is 0 Å². The van der Waals surface area contributed by atoms with Crippen molar-refractivity contribution in [1.82, 2.24) is 14.9 Å². The first-order valence-electron chi connectivity index (χ1n) is 6.86. The maximum absolute atomic E-state index is 4.35. The molecule has 2 aromatic rings. The molecular weight excluding hydrogens is 234 g/mol. The minimum absolute atomic E-state index is 0.0846. The predicted octanol–water partition coefficient (Wildman–Crippen LogP) is 3.34. The molecule has 0 spiro atoms. The van der Waals surface area contributed by atoms with Crippen molar-refractivity contribution in [2.75, 3.05) is 7.05 Å². The average molecular weight is 257 g/mol. The Labute approximate surface area is 115 Å². The molecule has 19 heavy (non-hydrogen) atoms. The summed E-state index contributed by atoms with van der Waals surface area (Å²) in [4.78, 5) is 4.35. The van der Waals surface area contributed by atoms with Crippen LogP contribution in [0.2, 0.25) is 0 Å². The molecule has 0 aliphatic rings. The third-order valence-corrected chi connectivity index (χ3v) is 3.84. The van der Waals surface area contributed by atoms with Gasteiger partial charge in [-0.05, 0) is 32.9 Å². The first kappa shape index (κ1) is 13.8. The van der Waals surface area contributed by atoms with E-state index in [1.165, 1.54) is 11.3 Å². The zero-order valence-electron chi connectivity index (χ0n) is 12.2. The molecule has 2 rings (SSSR count). The van der Waals surface area contributed by atoms with Gasteiger partial charge in [0.2, 0.25) is 0 Å². The van der Waals surface area contributed by atoms with E-state index in [4.69, 9.17) is 0 Å². The number of rotatable bonds is 5. The van der Waals surface area contributed by atoms with E-state index in [0.29, 0.717) is 6.04 Å². The molecule has 1 atom stereocenters. The Balaban J connectivity index is 2.44. The highest BCUT2D eigenvalue weighted by molar-refractivity contribution is 5.23. The van der Waals surface area contributed by atoms with E-state index in [-0.39, 0.29) is 5.54 Å². The number of nitrogens with zero attached hydrogens (tertiary/aromatic N) is 2. The second-order valence-electron chi connectivity index (χ2n) is 5.40. The van der Waals surface area contributed by atoms with Gasteiger partial charge < -0.3 is 9.88 Å². The highest BCUT2D eigenvalue weighted by atomic mass is 15.1. The topological polar surface area (TPSA) is 29.9 Å². The van der Waals surface area contributed by atoms with E-state index in [9.17, 15) is 0 Å². The second-order valence-corrected chi connectivity index (χ2v) is 5.40. The molecule has 1 aromatic heterocycles. The van der Waals surface area contributed by atoms with Gasteiger partial charge in [-0.1, -0.05) is 37.3 Å². The molecule has 0 saturated heterocycles. The zero-order valence-corrected chi connectivity index (χ0v) is 12.2. The monoisotopic (exact) mass is 257 g/mol. The Hall–Kier alpha value is -1.61. The fraction of sp³-hybridized carbons (Fsp3) is 0.438. The van der Waals surface area contributed by atoms with Crippen LogP contribution in [0, 0.1) is 0 Å². The van der Waals surface area contributed by atoms with E-state index >= 15 is 0 Å². The Morgan fingerprint density at radius 3 is 2.53 bits per heavy atom. The molecule has 1 N–H and O–H groups in total. The van der Waals surface area contributed by atoms with Crippen molar-refractivity contribution in [2.45, 2.75) is 38.8 Å². The van der Waals surface area contributed by atoms with Crippen molar-refractivity contribution in [3.8, 4) is 0 Å². The standard InChI is InChI=1S/C16H23N3/c1-5-14(13-9-7-6-8-10-13)19-12-18-11-15(19)16(2,3)17-4/h6-12,14,17H,5H2,1-4H3. The molecule has 0 fully saturated rings. The van der Waals surface area contributed by atoms with Gasteiger partial charge in [0.25, 0.3) is 0 Å². The lowest BCUT2D eigenvalue weighted by molar-refractivity contribution is 0.393. The lowest BCUT2D eigenvalue weighted by Crippen LogP contribution is -2.36. The van der Waals surface area contributed by atoms with Crippen LogP contribution in [0.1, 0.15) is 44.5 Å². The number of imidazole rings is 1. The number of benzene rings is 1. The Bertz CT molecular complexity index is 514. The Kier molecular flexibility index (Phi) is 4.05. The molecule has 3 nitrogen and oxygen atoms in total. The van der Waals surface area contributed by atoms with Crippen LogP contribution in [-0.4, -0.2) is 16.6 Å². The van der Waals surface area contributed by atoms with E-state index in [1.54, 1.807) is 0 Å². The van der Waals surface area contributed by atoms with Gasteiger partial charge in [-0.25, -0.2) is 4.98 Å². The maximum Gasteiger partial charge on any atom is 0.0954 e. The Morgan fingerprint density at radius 2 is 1.95 bits per heavy atom. The molecule has 0 aliphatic heterocycles. The molecule has 0 bridgehead atoms. The third-order valence-electron chi connectivity index (χ3n) is 3.84. The van der Waals surface area contributed by atoms with E-state index < -0.39 is 0 Å². The molecule has 1 unspecified atom stereocenters. The fourth-order valence-corrected chi connectivity index (χ4v) is 2.43. The largest absolute Gasteiger partial charge is 0.325 e. The summed E-state index contributed by atoms with van der Waals surface area (Å²) >= 11 is 0. The highest BCUT2D eigenvalue weighted by Gasteiger charge is 2.25. The summed E-state index contributed by atoms with van der Waals surface area (Å²) in [6.45, 7) is 6.57. The molecule has 0 saturated carbocycles. The van der Waals surface area contributed by atoms with Crippen LogP contribution in [0.3, 0.4) is 0 Å². The zero-order chi connectivity index (χ0) is 13.9. The van der Waals surface area contributed by atoms with Crippen molar-refractivity contribution in [3.05, 3.63) is 54.1 Å². The number of hydrogen-bond donors (Lipinski definition) is 1. The van der Waals surface area contributed by atoms with E-state index in [2.05, 4.69) is 66.0 Å². The Morgan fingerprint density at radius 1 is 1.26 bits per heavy atom. The van der Waals surface area contributed by atoms with Gasteiger partial charge in [0.05, 0.1) is 29.8 Å². The van der Waals surface area contributed by atoms with Crippen LogP contribution in [0.25, 0.3) is 0 Å². The van der Waals surface area contributed by atoms with Crippen molar-refractivity contribution >= 4 is 0 Å². The number of nitrogens with one attached hydrogen (secondary N) is 1. The fourth-order valence-electron chi connectivity index (χ4n) is 2.43. The van der Waals surface area contributed by atoms with Crippen molar-refractivity contribution in [3.63, 3.8) is 0 Å². The molecular formula is C16H23N3. The van der Waals surface area contributed by atoms with Crippen LogP contribution in [0.5, 0.6) is 0 Å². The van der Waals surface area contributed by atoms with Gasteiger partial charge in [0.1, 0.15) is 0 Å². The van der Waals surface area contributed by atoms with Gasteiger partial charge in [-0.15, -0.1) is 0 Å². The van der Waals surface area contributed by atoms with Crippen LogP contribution < -0.4 is 5.32 Å². The lowest BCUT2D eigenvalue weighted by Gasteiger charge is -2.29. The van der Waals surface area contributed by atoms with Crippen LogP contribution in [0.4, 0.5) is 0 Å². The number of hydrogen-bond acceptors (Lipinski definition) is 2. The summed E-state index contributed by atoms with van der Waals surface area (Å²) in [5.41, 5.74) is 2.46. The summed E-state index contributed by atoms with van der Waals surface area (Å²) in [7, 11) is 1.99. The summed E-state index contributed by atoms with van der Waals surface area (Å²) in [5, 5.41) is 3.35.